The van der Waals surface area contributed by atoms with Gasteiger partial charge in [-0.05, 0) is 60.9 Å². The van der Waals surface area contributed by atoms with Crippen LogP contribution in [0.5, 0.6) is 0 Å². The summed E-state index contributed by atoms with van der Waals surface area (Å²) in [6, 6.07) is 19.1. The highest BCUT2D eigenvalue weighted by atomic mass is 16.2. The van der Waals surface area contributed by atoms with Gasteiger partial charge in [0.25, 0.3) is 5.91 Å². The number of rotatable bonds is 5. The van der Waals surface area contributed by atoms with E-state index in [9.17, 15) is 9.59 Å². The summed E-state index contributed by atoms with van der Waals surface area (Å²) >= 11 is 0. The lowest BCUT2D eigenvalue weighted by Gasteiger charge is -2.27. The summed E-state index contributed by atoms with van der Waals surface area (Å²) in [4.78, 5) is 34.2. The minimum atomic E-state index is -0.124. The van der Waals surface area contributed by atoms with Gasteiger partial charge in [0.05, 0.1) is 12.0 Å². The van der Waals surface area contributed by atoms with E-state index in [-0.39, 0.29) is 18.2 Å². The minimum absolute atomic E-state index is 0.0359. The Kier molecular flexibility index (Phi) is 5.89. The Morgan fingerprint density at radius 2 is 1.82 bits per heavy atom. The number of fused-ring (bicyclic) bond motifs is 1. The molecule has 2 aliphatic rings. The number of para-hydroxylation sites is 1. The Balaban J connectivity index is 1.30. The summed E-state index contributed by atoms with van der Waals surface area (Å²) < 4.78 is 0. The number of hydrogen-bond acceptors (Lipinski definition) is 4. The molecule has 1 N–H and O–H groups in total. The topological polar surface area (TPSA) is 65.5 Å². The van der Waals surface area contributed by atoms with E-state index in [0.29, 0.717) is 12.1 Å². The highest BCUT2D eigenvalue weighted by Crippen LogP contribution is 2.31. The highest BCUT2D eigenvalue weighted by molar-refractivity contribution is 6.08. The molecular weight excluding hydrogens is 412 g/mol. The largest absolute Gasteiger partial charge is 0.367 e. The van der Waals surface area contributed by atoms with Crippen molar-refractivity contribution in [2.75, 3.05) is 34.8 Å². The van der Waals surface area contributed by atoms with Crippen LogP contribution in [0.15, 0.2) is 79.0 Å². The van der Waals surface area contributed by atoms with Crippen LogP contribution in [0.1, 0.15) is 28.0 Å². The van der Waals surface area contributed by atoms with E-state index in [4.69, 9.17) is 0 Å². The number of nitrogens with one attached hydrogen (secondary N) is 1. The number of carbonyl (C=O) groups is 2. The second-order valence-corrected chi connectivity index (χ2v) is 8.31. The fourth-order valence-electron chi connectivity index (χ4n) is 4.49. The summed E-state index contributed by atoms with van der Waals surface area (Å²) in [5.74, 6) is -0.0880. The molecule has 0 saturated carbocycles. The average molecular weight is 439 g/mol. The molecule has 166 valence electrons. The second kappa shape index (κ2) is 9.28. The van der Waals surface area contributed by atoms with Crippen molar-refractivity contribution >= 4 is 28.9 Å². The molecule has 0 atom stereocenters. The van der Waals surface area contributed by atoms with E-state index in [1.165, 1.54) is 0 Å². The SMILES string of the molecule is O=C(Nc1ccc2c(c1)CCN2C(=O)Cc1ccccn1)c1ccccc1N1CC=CCC1. The molecule has 33 heavy (non-hydrogen) atoms. The second-order valence-electron chi connectivity index (χ2n) is 8.31. The fourth-order valence-corrected chi connectivity index (χ4v) is 4.49. The summed E-state index contributed by atoms with van der Waals surface area (Å²) in [6.07, 6.45) is 8.05. The predicted octanol–water partition coefficient (Wildman–Crippen LogP) is 4.23. The Morgan fingerprint density at radius 1 is 0.939 bits per heavy atom. The van der Waals surface area contributed by atoms with E-state index in [0.717, 1.165) is 54.3 Å². The van der Waals surface area contributed by atoms with Crippen molar-refractivity contribution in [2.45, 2.75) is 19.3 Å². The van der Waals surface area contributed by atoms with Crippen LogP contribution in [0.3, 0.4) is 0 Å². The molecule has 3 aromatic rings. The molecule has 0 spiro atoms. The maximum absolute atomic E-state index is 13.1. The van der Waals surface area contributed by atoms with Crippen LogP contribution in [0, 0.1) is 0 Å². The molecule has 1 aromatic heterocycles. The van der Waals surface area contributed by atoms with Gasteiger partial charge in [0, 0.05) is 48.6 Å². The van der Waals surface area contributed by atoms with Gasteiger partial charge >= 0.3 is 0 Å². The van der Waals surface area contributed by atoms with Gasteiger partial charge in [0.2, 0.25) is 5.91 Å². The molecular formula is C27H26N4O2. The van der Waals surface area contributed by atoms with Crippen molar-refractivity contribution < 1.29 is 9.59 Å². The van der Waals surface area contributed by atoms with E-state index < -0.39 is 0 Å². The smallest absolute Gasteiger partial charge is 0.257 e. The lowest BCUT2D eigenvalue weighted by molar-refractivity contribution is -0.117. The van der Waals surface area contributed by atoms with Gasteiger partial charge in [0.1, 0.15) is 0 Å². The van der Waals surface area contributed by atoms with Crippen LogP contribution in [-0.4, -0.2) is 36.4 Å². The molecule has 5 rings (SSSR count). The van der Waals surface area contributed by atoms with Gasteiger partial charge in [-0.2, -0.15) is 0 Å². The van der Waals surface area contributed by atoms with E-state index >= 15 is 0 Å². The Hall–Kier alpha value is -3.93. The number of benzene rings is 2. The third kappa shape index (κ3) is 4.51. The van der Waals surface area contributed by atoms with Crippen LogP contribution in [0.2, 0.25) is 0 Å². The van der Waals surface area contributed by atoms with Crippen LogP contribution in [0.25, 0.3) is 0 Å². The van der Waals surface area contributed by atoms with E-state index in [1.807, 2.05) is 65.6 Å². The maximum atomic E-state index is 13.1. The Morgan fingerprint density at radius 3 is 2.64 bits per heavy atom. The maximum Gasteiger partial charge on any atom is 0.257 e. The lowest BCUT2D eigenvalue weighted by Crippen LogP contribution is -2.30. The quantitative estimate of drug-likeness (QED) is 0.606. The molecule has 0 bridgehead atoms. The minimum Gasteiger partial charge on any atom is -0.367 e. The molecule has 0 aliphatic carbocycles. The van der Waals surface area contributed by atoms with E-state index in [1.54, 1.807) is 6.20 Å². The van der Waals surface area contributed by atoms with Crippen LogP contribution >= 0.6 is 0 Å². The van der Waals surface area contributed by atoms with Gasteiger partial charge in [0.15, 0.2) is 0 Å². The third-order valence-corrected chi connectivity index (χ3v) is 6.14. The van der Waals surface area contributed by atoms with Crippen LogP contribution < -0.4 is 15.1 Å². The Labute approximate surface area is 193 Å². The predicted molar refractivity (Wildman–Crippen MR) is 131 cm³/mol. The zero-order valence-corrected chi connectivity index (χ0v) is 18.4. The molecule has 6 nitrogen and oxygen atoms in total. The van der Waals surface area contributed by atoms with Crippen molar-refractivity contribution in [2.24, 2.45) is 0 Å². The molecule has 2 aromatic carbocycles. The molecule has 2 amide bonds. The normalized spacial score (nSPS) is 14.8. The van der Waals surface area contributed by atoms with Gasteiger partial charge in [-0.3, -0.25) is 14.6 Å². The van der Waals surface area contributed by atoms with E-state index in [2.05, 4.69) is 27.4 Å². The van der Waals surface area contributed by atoms with Gasteiger partial charge in [-0.15, -0.1) is 0 Å². The summed E-state index contributed by atoms with van der Waals surface area (Å²) in [6.45, 7) is 2.36. The van der Waals surface area contributed by atoms with Crippen molar-refractivity contribution in [3.8, 4) is 0 Å². The molecule has 0 fully saturated rings. The fraction of sp³-hybridized carbons (Fsp3) is 0.222. The number of aromatic nitrogens is 1. The summed E-state index contributed by atoms with van der Waals surface area (Å²) in [5, 5.41) is 3.05. The zero-order chi connectivity index (χ0) is 22.6. The van der Waals surface area contributed by atoms with Crippen LogP contribution in [0.4, 0.5) is 17.1 Å². The number of amides is 2. The molecule has 0 unspecified atom stereocenters. The van der Waals surface area contributed by atoms with Crippen molar-refractivity contribution in [1.29, 1.82) is 0 Å². The summed E-state index contributed by atoms with van der Waals surface area (Å²) in [5.41, 5.74) is 5.10. The van der Waals surface area contributed by atoms with Crippen LogP contribution in [-0.2, 0) is 17.6 Å². The highest BCUT2D eigenvalue weighted by Gasteiger charge is 2.25. The van der Waals surface area contributed by atoms with Crippen molar-refractivity contribution in [3.63, 3.8) is 0 Å². The molecule has 0 radical (unpaired) electrons. The summed E-state index contributed by atoms with van der Waals surface area (Å²) in [7, 11) is 0. The zero-order valence-electron chi connectivity index (χ0n) is 18.4. The van der Waals surface area contributed by atoms with Crippen molar-refractivity contribution in [1.82, 2.24) is 4.98 Å². The Bertz CT molecular complexity index is 1210. The van der Waals surface area contributed by atoms with Gasteiger partial charge in [-0.25, -0.2) is 0 Å². The first-order valence-corrected chi connectivity index (χ1v) is 11.3. The third-order valence-electron chi connectivity index (χ3n) is 6.14. The first kappa shape index (κ1) is 20.9. The average Bonchev–Trinajstić information content (AvgIpc) is 3.29. The monoisotopic (exact) mass is 438 g/mol. The lowest BCUT2D eigenvalue weighted by atomic mass is 10.1. The molecule has 2 aliphatic heterocycles. The number of hydrogen-bond donors (Lipinski definition) is 1. The number of nitrogens with zero attached hydrogens (tertiary/aromatic N) is 3. The molecule has 0 saturated heterocycles. The number of pyridine rings is 1. The standard InChI is InChI=1S/C27H26N4O2/c32-26(19-21-8-4-5-14-28-21)31-17-13-20-18-22(11-12-24(20)31)29-27(33)23-9-2-3-10-25(23)30-15-6-1-7-16-30/h1-6,8-12,14,18H,7,13,15-17,19H2,(H,29,33). The van der Waals surface area contributed by atoms with Crippen molar-refractivity contribution in [3.05, 3.63) is 95.8 Å². The molecule has 3 heterocycles. The first-order valence-electron chi connectivity index (χ1n) is 11.3. The first-order chi connectivity index (χ1) is 16.2. The van der Waals surface area contributed by atoms with Gasteiger partial charge in [-0.1, -0.05) is 30.4 Å². The number of carbonyl (C=O) groups excluding carboxylic acids is 2. The van der Waals surface area contributed by atoms with Gasteiger partial charge < -0.3 is 15.1 Å². The molecule has 6 heteroatoms. The number of anilines is 3.